The quantitative estimate of drug-likeness (QED) is 0.167. The number of nitrogens with zero attached hydrogens (tertiary/aromatic N) is 1. The van der Waals surface area contributed by atoms with Crippen LogP contribution in [-0.2, 0) is 4.79 Å². The molecule has 1 aromatic heterocycles. The number of aryl methyl sites for hydroxylation is 1. The molecular weight excluding hydrogens is 472 g/mol. The summed E-state index contributed by atoms with van der Waals surface area (Å²) in [5.41, 5.74) is 8.53. The van der Waals surface area contributed by atoms with E-state index in [9.17, 15) is 4.79 Å². The number of aromatic amines is 1. The Kier molecular flexibility index (Phi) is 7.18. The third-order valence-electron chi connectivity index (χ3n) is 6.51. The number of para-hydroxylation sites is 1. The van der Waals surface area contributed by atoms with E-state index < -0.39 is 5.97 Å². The van der Waals surface area contributed by atoms with E-state index in [2.05, 4.69) is 54.4 Å². The van der Waals surface area contributed by atoms with Crippen molar-refractivity contribution in [3.8, 4) is 11.5 Å². The fourth-order valence-corrected chi connectivity index (χ4v) is 4.66. The molecule has 0 aliphatic carbocycles. The molecule has 4 aromatic carbocycles. The summed E-state index contributed by atoms with van der Waals surface area (Å²) >= 11 is 0. The Morgan fingerprint density at radius 1 is 0.921 bits per heavy atom. The van der Waals surface area contributed by atoms with E-state index in [1.54, 1.807) is 6.08 Å². The molecule has 0 aliphatic rings. The lowest BCUT2D eigenvalue weighted by atomic mass is 9.86. The van der Waals surface area contributed by atoms with E-state index in [-0.39, 0.29) is 0 Å². The fourth-order valence-electron chi connectivity index (χ4n) is 4.66. The van der Waals surface area contributed by atoms with Crippen LogP contribution in [0.3, 0.4) is 0 Å². The molecule has 0 atom stereocenters. The summed E-state index contributed by atoms with van der Waals surface area (Å²) in [6.07, 6.45) is 5.39. The zero-order chi connectivity index (χ0) is 26.5. The molecule has 0 spiro atoms. The summed E-state index contributed by atoms with van der Waals surface area (Å²) in [4.78, 5) is 11.0. The first kappa shape index (κ1) is 24.8. The molecule has 0 bridgehead atoms. The number of carbonyl (C=O) groups is 1. The maximum absolute atomic E-state index is 11.0. The van der Waals surface area contributed by atoms with E-state index in [4.69, 9.17) is 9.84 Å². The molecule has 0 amide bonds. The minimum absolute atomic E-state index is 0.779. The molecule has 0 saturated heterocycles. The largest absolute Gasteiger partial charge is 0.478 e. The van der Waals surface area contributed by atoms with Gasteiger partial charge in [-0.2, -0.15) is 5.10 Å². The Morgan fingerprint density at radius 2 is 1.68 bits per heavy atom. The van der Waals surface area contributed by atoms with Crippen molar-refractivity contribution in [2.75, 3.05) is 0 Å². The number of H-pyrrole nitrogens is 1. The molecule has 0 radical (unpaired) electrons. The van der Waals surface area contributed by atoms with Gasteiger partial charge in [0.15, 0.2) is 0 Å². The predicted molar refractivity (Wildman–Crippen MR) is 153 cm³/mol. The Bertz CT molecular complexity index is 1650. The van der Waals surface area contributed by atoms with Crippen LogP contribution in [0.2, 0.25) is 0 Å². The van der Waals surface area contributed by atoms with Crippen LogP contribution in [-0.4, -0.2) is 21.3 Å². The van der Waals surface area contributed by atoms with Gasteiger partial charge in [-0.15, -0.1) is 0 Å². The second-order valence-electron chi connectivity index (χ2n) is 9.06. The maximum Gasteiger partial charge on any atom is 0.328 e. The number of aliphatic carboxylic acids is 1. The molecule has 1 heterocycles. The van der Waals surface area contributed by atoms with Crippen LogP contribution < -0.4 is 4.74 Å². The molecule has 188 valence electrons. The molecule has 5 aromatic rings. The number of hydrogen-bond donors (Lipinski definition) is 2. The van der Waals surface area contributed by atoms with E-state index in [1.165, 1.54) is 5.57 Å². The van der Waals surface area contributed by atoms with Crippen LogP contribution in [0.4, 0.5) is 0 Å². The summed E-state index contributed by atoms with van der Waals surface area (Å²) < 4.78 is 6.18. The molecule has 0 fully saturated rings. The molecule has 2 N–H and O–H groups in total. The first-order chi connectivity index (χ1) is 18.5. The SMILES string of the molecule is CCC(=C(c1ccc(C=CC(=O)O)cc1)c1ccc2[nH]ncc2c1)c1cc(Oc2ccccc2)ccc1C. The van der Waals surface area contributed by atoms with Crippen molar-refractivity contribution in [1.82, 2.24) is 10.2 Å². The van der Waals surface area contributed by atoms with Gasteiger partial charge >= 0.3 is 5.97 Å². The van der Waals surface area contributed by atoms with Crippen molar-refractivity contribution < 1.29 is 14.6 Å². The smallest absolute Gasteiger partial charge is 0.328 e. The molecule has 38 heavy (non-hydrogen) atoms. The van der Waals surface area contributed by atoms with Crippen molar-refractivity contribution in [3.63, 3.8) is 0 Å². The van der Waals surface area contributed by atoms with Crippen LogP contribution in [0, 0.1) is 6.92 Å². The average molecular weight is 501 g/mol. The van der Waals surface area contributed by atoms with Crippen molar-refractivity contribution in [2.24, 2.45) is 0 Å². The molecule has 0 unspecified atom stereocenters. The number of rotatable bonds is 8. The zero-order valence-corrected chi connectivity index (χ0v) is 21.3. The topological polar surface area (TPSA) is 75.2 Å². The summed E-state index contributed by atoms with van der Waals surface area (Å²) in [5, 5.41) is 17.3. The summed E-state index contributed by atoms with van der Waals surface area (Å²) in [6.45, 7) is 4.29. The van der Waals surface area contributed by atoms with Crippen molar-refractivity contribution in [2.45, 2.75) is 20.3 Å². The number of aromatic nitrogens is 2. The number of allylic oxidation sites excluding steroid dienone is 1. The van der Waals surface area contributed by atoms with Gasteiger partial charge in [0.05, 0.1) is 11.7 Å². The van der Waals surface area contributed by atoms with Gasteiger partial charge in [-0.1, -0.05) is 61.5 Å². The summed E-state index contributed by atoms with van der Waals surface area (Å²) in [7, 11) is 0. The van der Waals surface area contributed by atoms with Crippen molar-refractivity contribution in [1.29, 1.82) is 0 Å². The lowest BCUT2D eigenvalue weighted by Crippen LogP contribution is -1.98. The second kappa shape index (κ2) is 11.0. The van der Waals surface area contributed by atoms with Gasteiger partial charge in [0.2, 0.25) is 0 Å². The Balaban J connectivity index is 1.67. The van der Waals surface area contributed by atoms with E-state index >= 15 is 0 Å². The van der Waals surface area contributed by atoms with Gasteiger partial charge in [0, 0.05) is 11.5 Å². The van der Waals surface area contributed by atoms with Crippen LogP contribution in [0.25, 0.3) is 28.1 Å². The number of fused-ring (bicyclic) bond motifs is 1. The van der Waals surface area contributed by atoms with Gasteiger partial charge < -0.3 is 9.84 Å². The van der Waals surface area contributed by atoms with Crippen molar-refractivity contribution >= 4 is 34.1 Å². The van der Waals surface area contributed by atoms with Gasteiger partial charge in [-0.05, 0) is 94.8 Å². The summed E-state index contributed by atoms with van der Waals surface area (Å²) in [6, 6.07) is 30.3. The molecule has 5 nitrogen and oxygen atoms in total. The normalized spacial score (nSPS) is 12.1. The number of carboxylic acids is 1. The third-order valence-corrected chi connectivity index (χ3v) is 6.51. The van der Waals surface area contributed by atoms with Crippen LogP contribution in [0.1, 0.15) is 41.2 Å². The zero-order valence-electron chi connectivity index (χ0n) is 21.3. The highest BCUT2D eigenvalue weighted by Gasteiger charge is 2.16. The molecular formula is C33H28N2O3. The highest BCUT2D eigenvalue weighted by Crippen LogP contribution is 2.38. The highest BCUT2D eigenvalue weighted by molar-refractivity contribution is 6.01. The molecule has 5 heteroatoms. The van der Waals surface area contributed by atoms with Gasteiger partial charge in [-0.25, -0.2) is 4.79 Å². The Labute approximate surface area is 221 Å². The third kappa shape index (κ3) is 5.42. The molecule has 0 saturated carbocycles. The minimum Gasteiger partial charge on any atom is -0.478 e. The predicted octanol–water partition coefficient (Wildman–Crippen LogP) is 8.13. The van der Waals surface area contributed by atoms with E-state index in [0.717, 1.165) is 68.3 Å². The van der Waals surface area contributed by atoms with Gasteiger partial charge in [0.25, 0.3) is 0 Å². The number of ether oxygens (including phenoxy) is 1. The molecule has 0 aliphatic heterocycles. The fraction of sp³-hybridized carbons (Fsp3) is 0.0909. The lowest BCUT2D eigenvalue weighted by molar-refractivity contribution is -0.131. The van der Waals surface area contributed by atoms with Gasteiger partial charge in [-0.3, -0.25) is 5.10 Å². The van der Waals surface area contributed by atoms with E-state index in [0.29, 0.717) is 0 Å². The van der Waals surface area contributed by atoms with Gasteiger partial charge in [0.1, 0.15) is 11.5 Å². The van der Waals surface area contributed by atoms with Crippen LogP contribution >= 0.6 is 0 Å². The minimum atomic E-state index is -0.968. The van der Waals surface area contributed by atoms with E-state index in [1.807, 2.05) is 66.9 Å². The Morgan fingerprint density at radius 3 is 2.42 bits per heavy atom. The Hall–Kier alpha value is -4.90. The number of nitrogens with one attached hydrogen (secondary N) is 1. The number of carboxylic acid groups (broad SMARTS) is 1. The second-order valence-corrected chi connectivity index (χ2v) is 9.06. The van der Waals surface area contributed by atoms with Crippen LogP contribution in [0.15, 0.2) is 103 Å². The lowest BCUT2D eigenvalue weighted by Gasteiger charge is -2.19. The monoisotopic (exact) mass is 500 g/mol. The highest BCUT2D eigenvalue weighted by atomic mass is 16.5. The first-order valence-corrected chi connectivity index (χ1v) is 12.5. The first-order valence-electron chi connectivity index (χ1n) is 12.5. The maximum atomic E-state index is 11.0. The summed E-state index contributed by atoms with van der Waals surface area (Å²) in [5.74, 6) is 0.603. The average Bonchev–Trinajstić information content (AvgIpc) is 3.41. The number of benzene rings is 4. The van der Waals surface area contributed by atoms with Crippen LogP contribution in [0.5, 0.6) is 11.5 Å². The number of hydrogen-bond acceptors (Lipinski definition) is 3. The van der Waals surface area contributed by atoms with Crippen molar-refractivity contribution in [3.05, 3.63) is 131 Å². The molecule has 5 rings (SSSR count). The standard InChI is InChI=1S/C33H28N2O3/c1-3-29(30-20-28(16-9-22(30)2)38-27-7-5-4-6-8-27)33(25-15-17-31-26(19-25)21-34-35-31)24-13-10-23(11-14-24)12-18-32(36)37/h4-21H,3H2,1-2H3,(H,34,35)(H,36,37).